The Morgan fingerprint density at radius 1 is 1.23 bits per heavy atom. The molecule has 0 spiro atoms. The normalized spacial score (nSPS) is 16.0. The van der Waals surface area contributed by atoms with Crippen LogP contribution < -0.4 is 5.32 Å². The summed E-state index contributed by atoms with van der Waals surface area (Å²) >= 11 is 1.87. The third-order valence-corrected chi connectivity index (χ3v) is 3.64. The van der Waals surface area contributed by atoms with Gasteiger partial charge in [0.05, 0.1) is 0 Å². The van der Waals surface area contributed by atoms with E-state index in [1.165, 1.54) is 27.6 Å². The molecule has 1 nitrogen and oxygen atoms in total. The van der Waals surface area contributed by atoms with Gasteiger partial charge in [-0.05, 0) is 35.5 Å². The Hall–Kier alpha value is -0.860. The predicted molar refractivity (Wildman–Crippen MR) is 57.2 cm³/mol. The first-order chi connectivity index (χ1) is 6.45. The summed E-state index contributed by atoms with van der Waals surface area (Å²) in [7, 11) is 0. The van der Waals surface area contributed by atoms with E-state index in [1.54, 1.807) is 0 Å². The Kier molecular flexibility index (Phi) is 1.64. The van der Waals surface area contributed by atoms with Crippen molar-refractivity contribution in [1.82, 2.24) is 5.32 Å². The minimum atomic E-state index is 1.03. The quantitative estimate of drug-likeness (QED) is 0.671. The van der Waals surface area contributed by atoms with Crippen molar-refractivity contribution in [2.24, 2.45) is 0 Å². The molecular formula is C11H11NS. The lowest BCUT2D eigenvalue weighted by Crippen LogP contribution is -2.13. The van der Waals surface area contributed by atoms with Crippen LogP contribution in [-0.2, 0) is 13.0 Å². The zero-order valence-corrected chi connectivity index (χ0v) is 8.16. The number of hydrogen-bond donors (Lipinski definition) is 1. The summed E-state index contributed by atoms with van der Waals surface area (Å²) in [6.45, 7) is 2.14. The van der Waals surface area contributed by atoms with Crippen LogP contribution in [0.5, 0.6) is 0 Å². The second-order valence-corrected chi connectivity index (χ2v) is 4.39. The zero-order chi connectivity index (χ0) is 8.67. The van der Waals surface area contributed by atoms with Gasteiger partial charge in [-0.2, -0.15) is 0 Å². The summed E-state index contributed by atoms with van der Waals surface area (Å²) in [6, 6.07) is 6.61. The molecule has 2 heterocycles. The van der Waals surface area contributed by atoms with Crippen molar-refractivity contribution in [3.8, 4) is 0 Å². The molecule has 13 heavy (non-hydrogen) atoms. The maximum absolute atomic E-state index is 3.44. The first kappa shape index (κ1) is 7.54. The molecule has 0 bridgehead atoms. The SMILES string of the molecule is c1cc2c3c(csc3c1)CCNC2. The van der Waals surface area contributed by atoms with Gasteiger partial charge >= 0.3 is 0 Å². The summed E-state index contributed by atoms with van der Waals surface area (Å²) in [5.74, 6) is 0. The highest BCUT2D eigenvalue weighted by molar-refractivity contribution is 7.17. The fourth-order valence-corrected chi connectivity index (χ4v) is 3.05. The molecule has 1 aromatic carbocycles. The lowest BCUT2D eigenvalue weighted by Gasteiger charge is -2.00. The molecular weight excluding hydrogens is 178 g/mol. The minimum Gasteiger partial charge on any atom is -0.312 e. The van der Waals surface area contributed by atoms with Gasteiger partial charge in [0.25, 0.3) is 0 Å². The molecule has 1 aliphatic rings. The van der Waals surface area contributed by atoms with Gasteiger partial charge in [0, 0.05) is 16.6 Å². The zero-order valence-electron chi connectivity index (χ0n) is 7.34. The number of thiophene rings is 1. The fraction of sp³-hybridized carbons (Fsp3) is 0.273. The molecule has 0 aliphatic carbocycles. The van der Waals surface area contributed by atoms with E-state index in [-0.39, 0.29) is 0 Å². The first-order valence-corrected chi connectivity index (χ1v) is 5.52. The van der Waals surface area contributed by atoms with Crippen LogP contribution in [0.25, 0.3) is 10.1 Å². The number of rotatable bonds is 0. The topological polar surface area (TPSA) is 12.0 Å². The molecule has 0 saturated carbocycles. The molecule has 1 N–H and O–H groups in total. The van der Waals surface area contributed by atoms with Gasteiger partial charge in [0.1, 0.15) is 0 Å². The molecule has 66 valence electrons. The highest BCUT2D eigenvalue weighted by Crippen LogP contribution is 2.30. The molecule has 2 heteroatoms. The van der Waals surface area contributed by atoms with Gasteiger partial charge in [-0.1, -0.05) is 12.1 Å². The molecule has 0 unspecified atom stereocenters. The largest absolute Gasteiger partial charge is 0.312 e. The van der Waals surface area contributed by atoms with Crippen molar-refractivity contribution in [3.63, 3.8) is 0 Å². The maximum atomic E-state index is 3.44. The van der Waals surface area contributed by atoms with Crippen molar-refractivity contribution >= 4 is 21.4 Å². The number of hydrogen-bond acceptors (Lipinski definition) is 2. The van der Waals surface area contributed by atoms with E-state index in [2.05, 4.69) is 28.9 Å². The second kappa shape index (κ2) is 2.82. The van der Waals surface area contributed by atoms with Crippen LogP contribution >= 0.6 is 11.3 Å². The average molecular weight is 189 g/mol. The molecule has 0 saturated heterocycles. The van der Waals surface area contributed by atoms with Crippen LogP contribution in [0.15, 0.2) is 23.6 Å². The smallest absolute Gasteiger partial charge is 0.0348 e. The molecule has 0 fully saturated rings. The average Bonchev–Trinajstić information content (AvgIpc) is 2.44. The third kappa shape index (κ3) is 1.10. The molecule has 2 aromatic rings. The Bertz CT molecular complexity index is 444. The maximum Gasteiger partial charge on any atom is 0.0348 e. The van der Waals surface area contributed by atoms with Crippen LogP contribution in [0.4, 0.5) is 0 Å². The molecule has 0 amide bonds. The van der Waals surface area contributed by atoms with E-state index in [0.29, 0.717) is 0 Å². The summed E-state index contributed by atoms with van der Waals surface area (Å²) in [6.07, 6.45) is 1.18. The van der Waals surface area contributed by atoms with E-state index in [1.807, 2.05) is 11.3 Å². The van der Waals surface area contributed by atoms with E-state index >= 15 is 0 Å². The number of benzene rings is 1. The summed E-state index contributed by atoms with van der Waals surface area (Å²) in [5.41, 5.74) is 2.99. The van der Waals surface area contributed by atoms with E-state index in [4.69, 9.17) is 0 Å². The van der Waals surface area contributed by atoms with Gasteiger partial charge < -0.3 is 5.32 Å². The van der Waals surface area contributed by atoms with Crippen molar-refractivity contribution in [1.29, 1.82) is 0 Å². The fourth-order valence-electron chi connectivity index (χ4n) is 2.01. The van der Waals surface area contributed by atoms with Crippen LogP contribution in [0, 0.1) is 0 Å². The highest BCUT2D eigenvalue weighted by atomic mass is 32.1. The van der Waals surface area contributed by atoms with Crippen LogP contribution in [-0.4, -0.2) is 6.54 Å². The van der Waals surface area contributed by atoms with Crippen LogP contribution in [0.3, 0.4) is 0 Å². The Labute approximate surface area is 81.4 Å². The summed E-state index contributed by atoms with van der Waals surface area (Å²) in [5, 5.41) is 7.26. The van der Waals surface area contributed by atoms with Gasteiger partial charge in [0.15, 0.2) is 0 Å². The lowest BCUT2D eigenvalue weighted by atomic mass is 10.1. The Balaban J connectivity index is 2.40. The Morgan fingerprint density at radius 3 is 3.23 bits per heavy atom. The van der Waals surface area contributed by atoms with Crippen molar-refractivity contribution < 1.29 is 0 Å². The molecule has 0 atom stereocenters. The number of nitrogens with one attached hydrogen (secondary N) is 1. The Morgan fingerprint density at radius 2 is 2.23 bits per heavy atom. The van der Waals surface area contributed by atoms with Crippen LogP contribution in [0.1, 0.15) is 11.1 Å². The van der Waals surface area contributed by atoms with Crippen molar-refractivity contribution in [2.45, 2.75) is 13.0 Å². The standard InChI is InChI=1S/C11H11NS/c1-2-8-6-12-5-4-9-7-13-10(3-1)11(8)9/h1-3,7,12H,4-6H2. The van der Waals surface area contributed by atoms with Gasteiger partial charge in [-0.25, -0.2) is 0 Å². The van der Waals surface area contributed by atoms with E-state index < -0.39 is 0 Å². The second-order valence-electron chi connectivity index (χ2n) is 3.48. The van der Waals surface area contributed by atoms with E-state index in [0.717, 1.165) is 13.1 Å². The van der Waals surface area contributed by atoms with Gasteiger partial charge in [-0.3, -0.25) is 0 Å². The van der Waals surface area contributed by atoms with Gasteiger partial charge in [0.2, 0.25) is 0 Å². The van der Waals surface area contributed by atoms with Gasteiger partial charge in [-0.15, -0.1) is 11.3 Å². The van der Waals surface area contributed by atoms with Crippen LogP contribution in [0.2, 0.25) is 0 Å². The summed E-state index contributed by atoms with van der Waals surface area (Å²) < 4.78 is 1.44. The monoisotopic (exact) mass is 189 g/mol. The molecule has 1 aromatic heterocycles. The van der Waals surface area contributed by atoms with Crippen molar-refractivity contribution in [3.05, 3.63) is 34.7 Å². The third-order valence-electron chi connectivity index (χ3n) is 2.65. The predicted octanol–water partition coefficient (Wildman–Crippen LogP) is 2.55. The molecule has 1 aliphatic heterocycles. The first-order valence-electron chi connectivity index (χ1n) is 4.64. The minimum absolute atomic E-state index is 1.03. The molecule has 0 radical (unpaired) electrons. The summed E-state index contributed by atoms with van der Waals surface area (Å²) in [4.78, 5) is 0. The lowest BCUT2D eigenvalue weighted by molar-refractivity contribution is 0.703. The highest BCUT2D eigenvalue weighted by Gasteiger charge is 2.10. The van der Waals surface area contributed by atoms with E-state index in [9.17, 15) is 0 Å². The molecule has 3 rings (SSSR count). The van der Waals surface area contributed by atoms with Crippen molar-refractivity contribution in [2.75, 3.05) is 6.54 Å².